The summed E-state index contributed by atoms with van der Waals surface area (Å²) in [6, 6.07) is 25.7. The summed E-state index contributed by atoms with van der Waals surface area (Å²) in [6.07, 6.45) is 1.15. The number of anilines is 1. The van der Waals surface area contributed by atoms with E-state index in [1.54, 1.807) is 6.07 Å². The van der Waals surface area contributed by atoms with Gasteiger partial charge in [0.15, 0.2) is 0 Å². The number of benzene rings is 3. The highest BCUT2D eigenvalue weighted by Gasteiger charge is 2.17. The molecule has 0 unspecified atom stereocenters. The van der Waals surface area contributed by atoms with Crippen LogP contribution in [0.1, 0.15) is 35.6 Å². The number of aryl methyl sites for hydroxylation is 3. The van der Waals surface area contributed by atoms with Crippen molar-refractivity contribution in [2.24, 2.45) is 5.10 Å². The molecule has 0 spiro atoms. The maximum atomic E-state index is 12.1. The first-order chi connectivity index (χ1) is 18.6. The van der Waals surface area contributed by atoms with Crippen LogP contribution in [0.25, 0.3) is 0 Å². The lowest BCUT2D eigenvalue weighted by atomic mass is 10.1. The van der Waals surface area contributed by atoms with Crippen molar-refractivity contribution in [1.29, 1.82) is 0 Å². The van der Waals surface area contributed by atoms with Gasteiger partial charge in [0.05, 0.1) is 12.8 Å². The Morgan fingerprint density at radius 1 is 0.974 bits per heavy atom. The monoisotopic (exact) mass is 531 g/mol. The van der Waals surface area contributed by atoms with Crippen LogP contribution in [0.15, 0.2) is 96.2 Å². The van der Waals surface area contributed by atoms with Gasteiger partial charge in [-0.2, -0.15) is 5.10 Å². The van der Waals surface area contributed by atoms with Crippen LogP contribution in [0.5, 0.6) is 0 Å². The van der Waals surface area contributed by atoms with Crippen molar-refractivity contribution in [2.45, 2.75) is 40.2 Å². The number of carboxylic acids is 1. The molecule has 3 rings (SSSR count). The maximum Gasteiger partial charge on any atom is 0.356 e. The highest BCUT2D eigenvalue weighted by molar-refractivity contribution is 5.92. The van der Waals surface area contributed by atoms with Crippen molar-refractivity contribution in [3.05, 3.63) is 113 Å². The van der Waals surface area contributed by atoms with Crippen LogP contribution in [0, 0.1) is 13.8 Å². The van der Waals surface area contributed by atoms with Crippen molar-refractivity contribution in [1.82, 2.24) is 5.32 Å². The van der Waals surface area contributed by atoms with Gasteiger partial charge in [-0.3, -0.25) is 9.59 Å². The fraction of sp³-hybridized carbons (Fsp3) is 0.226. The second kappa shape index (κ2) is 17.7. The molecule has 1 amide bonds. The lowest BCUT2D eigenvalue weighted by Gasteiger charge is -2.20. The number of amides is 1. The van der Waals surface area contributed by atoms with Gasteiger partial charge in [-0.25, -0.2) is 9.80 Å². The maximum absolute atomic E-state index is 12.1. The fourth-order valence-electron chi connectivity index (χ4n) is 3.26. The van der Waals surface area contributed by atoms with Gasteiger partial charge >= 0.3 is 5.97 Å². The Kier molecular flexibility index (Phi) is 14.7. The Bertz CT molecular complexity index is 1220. The molecular formula is C31H37N3O5. The van der Waals surface area contributed by atoms with Crippen LogP contribution >= 0.6 is 0 Å². The number of aliphatic carboxylic acids is 1. The minimum absolute atomic E-state index is 0.000725. The van der Waals surface area contributed by atoms with Gasteiger partial charge < -0.3 is 15.2 Å². The molecule has 8 nitrogen and oxygen atoms in total. The molecule has 3 aromatic carbocycles. The number of nitrogens with zero attached hydrogens (tertiary/aromatic N) is 2. The quantitative estimate of drug-likeness (QED) is 0.165. The summed E-state index contributed by atoms with van der Waals surface area (Å²) in [6.45, 7) is 12.7. The molecule has 0 saturated heterocycles. The number of carboxylic acid groups (broad SMARTS) is 1. The lowest BCUT2D eigenvalue weighted by molar-refractivity contribution is -0.136. The van der Waals surface area contributed by atoms with Crippen LogP contribution < -0.4 is 10.3 Å². The van der Waals surface area contributed by atoms with Gasteiger partial charge in [0, 0.05) is 26.6 Å². The normalized spacial score (nSPS) is 9.44. The molecule has 2 N–H and O–H groups in total. The van der Waals surface area contributed by atoms with Crippen molar-refractivity contribution < 1.29 is 24.2 Å². The number of hydrazone groups is 1. The summed E-state index contributed by atoms with van der Waals surface area (Å²) in [5.41, 5.74) is 5.10. The molecule has 0 atom stereocenters. The molecule has 206 valence electrons. The molecule has 0 aliphatic carbocycles. The summed E-state index contributed by atoms with van der Waals surface area (Å²) in [4.78, 5) is 32.8. The molecule has 0 aliphatic rings. The van der Waals surface area contributed by atoms with Crippen LogP contribution in [0.2, 0.25) is 0 Å². The zero-order chi connectivity index (χ0) is 29.2. The number of ether oxygens (including phenoxy) is 1. The van der Waals surface area contributed by atoms with Crippen LogP contribution in [-0.4, -0.2) is 36.8 Å². The molecule has 0 fully saturated rings. The first kappa shape index (κ1) is 32.3. The van der Waals surface area contributed by atoms with Gasteiger partial charge in [-0.1, -0.05) is 78.9 Å². The number of carbonyl (C=O) groups is 3. The number of rotatable bonds is 9. The second-order valence-electron chi connectivity index (χ2n) is 8.44. The standard InChI is InChI=1S/C22H25N3O3.C7H8.C2H4O2/c1-16-14-20(25(23-3)17(2)22(27)28-4)12-11-19(16)15-24-21(26)13-10-18-8-6-5-7-9-18;1-7-5-3-2-4-6-7;1-2(3)4/h5-9,11-12,14H,2-3,10,13,15H2,1,4H3,(H,24,26);2-6H,1H3;1H3,(H,3,4). The minimum atomic E-state index is -0.833. The highest BCUT2D eigenvalue weighted by atomic mass is 16.5. The topological polar surface area (TPSA) is 108 Å². The van der Waals surface area contributed by atoms with Crippen molar-refractivity contribution in [3.8, 4) is 0 Å². The van der Waals surface area contributed by atoms with Crippen molar-refractivity contribution in [3.63, 3.8) is 0 Å². The van der Waals surface area contributed by atoms with E-state index in [0.717, 1.165) is 23.6 Å². The largest absolute Gasteiger partial charge is 0.481 e. The first-order valence-corrected chi connectivity index (χ1v) is 12.2. The number of methoxy groups -OCH3 is 1. The third-order valence-corrected chi connectivity index (χ3v) is 5.29. The molecule has 0 aliphatic heterocycles. The minimum Gasteiger partial charge on any atom is -0.481 e. The number of carbonyl (C=O) groups excluding carboxylic acids is 2. The number of hydrogen-bond donors (Lipinski definition) is 2. The van der Waals surface area contributed by atoms with Gasteiger partial charge in [-0.15, -0.1) is 0 Å². The summed E-state index contributed by atoms with van der Waals surface area (Å²) >= 11 is 0. The zero-order valence-electron chi connectivity index (χ0n) is 23.0. The summed E-state index contributed by atoms with van der Waals surface area (Å²) in [7, 11) is 1.28. The predicted octanol–water partition coefficient (Wildman–Crippen LogP) is 5.44. The molecular weight excluding hydrogens is 494 g/mol. The summed E-state index contributed by atoms with van der Waals surface area (Å²) in [5, 5.41) is 15.5. The number of esters is 1. The average molecular weight is 532 g/mol. The Morgan fingerprint density at radius 3 is 2.00 bits per heavy atom. The van der Waals surface area contributed by atoms with E-state index in [-0.39, 0.29) is 11.6 Å². The molecule has 0 saturated carbocycles. The Labute approximate surface area is 230 Å². The first-order valence-electron chi connectivity index (χ1n) is 12.2. The summed E-state index contributed by atoms with van der Waals surface area (Å²) < 4.78 is 4.67. The SMILES string of the molecule is C=NN(C(=C)C(=O)OC)c1ccc(CNC(=O)CCc2ccccc2)c(C)c1.CC(=O)O.Cc1ccccc1. The molecule has 0 heterocycles. The van der Waals surface area contributed by atoms with E-state index in [4.69, 9.17) is 9.90 Å². The van der Waals surface area contributed by atoms with Gasteiger partial charge in [0.2, 0.25) is 5.91 Å². The van der Waals surface area contributed by atoms with Crippen LogP contribution in [0.3, 0.4) is 0 Å². The van der Waals surface area contributed by atoms with Crippen molar-refractivity contribution >= 4 is 30.3 Å². The Morgan fingerprint density at radius 2 is 1.54 bits per heavy atom. The van der Waals surface area contributed by atoms with E-state index >= 15 is 0 Å². The smallest absolute Gasteiger partial charge is 0.356 e. The molecule has 0 aromatic heterocycles. The Balaban J connectivity index is 0.000000573. The van der Waals surface area contributed by atoms with E-state index < -0.39 is 11.9 Å². The third kappa shape index (κ3) is 12.9. The van der Waals surface area contributed by atoms with E-state index in [1.165, 1.54) is 17.7 Å². The predicted molar refractivity (Wildman–Crippen MR) is 155 cm³/mol. The zero-order valence-corrected chi connectivity index (χ0v) is 23.0. The number of nitrogens with one attached hydrogen (secondary N) is 1. The van der Waals surface area contributed by atoms with Crippen LogP contribution in [-0.2, 0) is 32.1 Å². The molecule has 3 aromatic rings. The number of hydrogen-bond acceptors (Lipinski definition) is 6. The Hall–Kier alpha value is -4.72. The van der Waals surface area contributed by atoms with E-state index in [2.05, 4.69) is 47.5 Å². The molecule has 39 heavy (non-hydrogen) atoms. The molecule has 8 heteroatoms. The second-order valence-corrected chi connectivity index (χ2v) is 8.44. The van der Waals surface area contributed by atoms with E-state index in [9.17, 15) is 9.59 Å². The van der Waals surface area contributed by atoms with E-state index in [1.807, 2.05) is 67.6 Å². The van der Waals surface area contributed by atoms with Gasteiger partial charge in [-0.05, 0) is 49.1 Å². The molecule has 0 radical (unpaired) electrons. The average Bonchev–Trinajstić information content (AvgIpc) is 2.92. The third-order valence-electron chi connectivity index (χ3n) is 5.29. The van der Waals surface area contributed by atoms with Crippen molar-refractivity contribution in [2.75, 3.05) is 12.1 Å². The fourth-order valence-corrected chi connectivity index (χ4v) is 3.26. The van der Waals surface area contributed by atoms with Gasteiger partial charge in [0.1, 0.15) is 5.70 Å². The van der Waals surface area contributed by atoms with Crippen LogP contribution in [0.4, 0.5) is 5.69 Å². The molecule has 0 bridgehead atoms. The lowest BCUT2D eigenvalue weighted by Crippen LogP contribution is -2.24. The summed E-state index contributed by atoms with van der Waals surface area (Å²) in [5.74, 6) is -1.42. The highest BCUT2D eigenvalue weighted by Crippen LogP contribution is 2.23. The van der Waals surface area contributed by atoms with Gasteiger partial charge in [0.25, 0.3) is 5.97 Å². The van der Waals surface area contributed by atoms with E-state index in [0.29, 0.717) is 25.1 Å².